The molecule has 23 heavy (non-hydrogen) atoms. The molecule has 116 valence electrons. The van der Waals surface area contributed by atoms with E-state index >= 15 is 0 Å². The number of hydrogen-bond donors (Lipinski definition) is 1. The summed E-state index contributed by atoms with van der Waals surface area (Å²) >= 11 is 3.19. The molecular formula is C18H15NO2S2. The Morgan fingerprint density at radius 1 is 1.26 bits per heavy atom. The molecule has 0 spiro atoms. The lowest BCUT2D eigenvalue weighted by molar-refractivity contribution is 0.0944. The third-order valence-electron chi connectivity index (χ3n) is 3.87. The number of benzene rings is 1. The highest BCUT2D eigenvalue weighted by Crippen LogP contribution is 2.42. The monoisotopic (exact) mass is 341 g/mol. The summed E-state index contributed by atoms with van der Waals surface area (Å²) in [5, 5.41) is 5.10. The molecule has 1 aromatic carbocycles. The quantitative estimate of drug-likeness (QED) is 0.739. The predicted octanol–water partition coefficient (Wildman–Crippen LogP) is 4.86. The average molecular weight is 341 g/mol. The number of thiophene rings is 2. The summed E-state index contributed by atoms with van der Waals surface area (Å²) in [5.41, 5.74) is 2.16. The van der Waals surface area contributed by atoms with Crippen LogP contribution in [0.15, 0.2) is 47.8 Å². The standard InChI is InChI=1S/C18H15NO2S2/c1-11(15-7-4-8-22-15)19-18(20)16-9-12-10-21-14-6-3-2-5-13(14)17(12)23-16/h2-9,11H,10H2,1H3,(H,19,20). The van der Waals surface area contributed by atoms with Crippen molar-refractivity contribution in [2.45, 2.75) is 19.6 Å². The normalized spacial score (nSPS) is 13.6. The molecule has 0 bridgehead atoms. The van der Waals surface area contributed by atoms with Gasteiger partial charge in [0.15, 0.2) is 0 Å². The molecule has 1 unspecified atom stereocenters. The van der Waals surface area contributed by atoms with E-state index in [-0.39, 0.29) is 11.9 Å². The highest BCUT2D eigenvalue weighted by atomic mass is 32.1. The van der Waals surface area contributed by atoms with Crippen LogP contribution in [0.5, 0.6) is 5.75 Å². The number of carbonyl (C=O) groups excluding carboxylic acids is 1. The Morgan fingerprint density at radius 3 is 2.96 bits per heavy atom. The number of ether oxygens (including phenoxy) is 1. The molecule has 3 aromatic rings. The molecule has 2 aromatic heterocycles. The number of hydrogen-bond acceptors (Lipinski definition) is 4. The molecule has 0 aliphatic carbocycles. The van der Waals surface area contributed by atoms with Crippen LogP contribution in [-0.2, 0) is 6.61 Å². The van der Waals surface area contributed by atoms with Gasteiger partial charge in [-0.05, 0) is 36.6 Å². The van der Waals surface area contributed by atoms with Gasteiger partial charge in [0.05, 0.1) is 10.9 Å². The Bertz CT molecular complexity index is 852. The molecule has 0 saturated heterocycles. The van der Waals surface area contributed by atoms with Crippen LogP contribution in [0.4, 0.5) is 0 Å². The van der Waals surface area contributed by atoms with Gasteiger partial charge in [-0.25, -0.2) is 0 Å². The highest BCUT2D eigenvalue weighted by molar-refractivity contribution is 7.17. The van der Waals surface area contributed by atoms with Crippen LogP contribution in [0, 0.1) is 0 Å². The fraction of sp³-hybridized carbons (Fsp3) is 0.167. The number of fused-ring (bicyclic) bond motifs is 3. The van der Waals surface area contributed by atoms with Crippen molar-refractivity contribution in [3.8, 4) is 16.2 Å². The SMILES string of the molecule is CC(NC(=O)c1cc2c(s1)-c1ccccc1OC2)c1cccs1. The minimum absolute atomic E-state index is 0.0187. The van der Waals surface area contributed by atoms with Crippen LogP contribution in [0.2, 0.25) is 0 Å². The molecule has 3 heterocycles. The largest absolute Gasteiger partial charge is 0.488 e. The molecule has 3 nitrogen and oxygen atoms in total. The van der Waals surface area contributed by atoms with Gasteiger partial charge in [-0.3, -0.25) is 4.79 Å². The average Bonchev–Trinajstić information content (AvgIpc) is 3.24. The zero-order valence-electron chi connectivity index (χ0n) is 12.5. The van der Waals surface area contributed by atoms with E-state index in [9.17, 15) is 4.79 Å². The lowest BCUT2D eigenvalue weighted by Gasteiger charge is -2.16. The van der Waals surface area contributed by atoms with Gasteiger partial charge in [0.2, 0.25) is 0 Å². The smallest absolute Gasteiger partial charge is 0.261 e. The molecule has 0 saturated carbocycles. The van der Waals surface area contributed by atoms with Crippen LogP contribution in [0.25, 0.3) is 10.4 Å². The topological polar surface area (TPSA) is 38.3 Å². The maximum absolute atomic E-state index is 12.5. The predicted molar refractivity (Wildman–Crippen MR) is 94.3 cm³/mol. The van der Waals surface area contributed by atoms with Gasteiger partial charge in [-0.1, -0.05) is 18.2 Å². The third kappa shape index (κ3) is 2.66. The molecule has 1 aliphatic heterocycles. The second-order valence-electron chi connectivity index (χ2n) is 5.46. The van der Waals surface area contributed by atoms with E-state index in [1.165, 1.54) is 11.3 Å². The van der Waals surface area contributed by atoms with Crippen molar-refractivity contribution in [3.05, 3.63) is 63.2 Å². The van der Waals surface area contributed by atoms with E-state index in [0.717, 1.165) is 31.5 Å². The van der Waals surface area contributed by atoms with Gasteiger partial charge in [0.25, 0.3) is 5.91 Å². The van der Waals surface area contributed by atoms with Gasteiger partial charge < -0.3 is 10.1 Å². The Hall–Kier alpha value is -2.11. The van der Waals surface area contributed by atoms with Crippen LogP contribution < -0.4 is 10.1 Å². The Labute approximate surface area is 142 Å². The first-order valence-corrected chi connectivity index (χ1v) is 9.11. The highest BCUT2D eigenvalue weighted by Gasteiger charge is 2.23. The van der Waals surface area contributed by atoms with Crippen molar-refractivity contribution in [1.29, 1.82) is 0 Å². The molecule has 0 fully saturated rings. The minimum atomic E-state index is -0.0252. The Morgan fingerprint density at radius 2 is 2.13 bits per heavy atom. The van der Waals surface area contributed by atoms with Gasteiger partial charge in [0, 0.05) is 20.9 Å². The van der Waals surface area contributed by atoms with Crippen LogP contribution in [-0.4, -0.2) is 5.91 Å². The summed E-state index contributed by atoms with van der Waals surface area (Å²) in [7, 11) is 0. The summed E-state index contributed by atoms with van der Waals surface area (Å²) in [4.78, 5) is 15.6. The van der Waals surface area contributed by atoms with Crippen molar-refractivity contribution < 1.29 is 9.53 Å². The van der Waals surface area contributed by atoms with E-state index < -0.39 is 0 Å². The number of amides is 1. The number of para-hydroxylation sites is 1. The van der Waals surface area contributed by atoms with Gasteiger partial charge in [-0.2, -0.15) is 0 Å². The maximum Gasteiger partial charge on any atom is 0.261 e. The van der Waals surface area contributed by atoms with Crippen molar-refractivity contribution >= 4 is 28.6 Å². The number of carbonyl (C=O) groups is 1. The second kappa shape index (κ2) is 5.83. The first-order chi connectivity index (χ1) is 11.2. The zero-order chi connectivity index (χ0) is 15.8. The minimum Gasteiger partial charge on any atom is -0.488 e. The van der Waals surface area contributed by atoms with E-state index in [0.29, 0.717) is 6.61 Å². The van der Waals surface area contributed by atoms with E-state index in [1.54, 1.807) is 11.3 Å². The van der Waals surface area contributed by atoms with E-state index in [2.05, 4.69) is 5.32 Å². The molecule has 1 atom stereocenters. The lowest BCUT2D eigenvalue weighted by Crippen LogP contribution is -2.25. The van der Waals surface area contributed by atoms with Crippen molar-refractivity contribution in [3.63, 3.8) is 0 Å². The molecule has 1 amide bonds. The number of rotatable bonds is 3. The fourth-order valence-electron chi connectivity index (χ4n) is 2.69. The summed E-state index contributed by atoms with van der Waals surface area (Å²) < 4.78 is 5.76. The third-order valence-corrected chi connectivity index (χ3v) is 6.13. The van der Waals surface area contributed by atoms with Gasteiger partial charge in [0.1, 0.15) is 12.4 Å². The Kier molecular flexibility index (Phi) is 3.67. The molecule has 1 aliphatic rings. The van der Waals surface area contributed by atoms with Crippen molar-refractivity contribution in [2.75, 3.05) is 0 Å². The molecule has 0 radical (unpaired) electrons. The fourth-order valence-corrected chi connectivity index (χ4v) is 4.52. The van der Waals surface area contributed by atoms with Gasteiger partial charge in [-0.15, -0.1) is 22.7 Å². The second-order valence-corrected chi connectivity index (χ2v) is 7.49. The van der Waals surface area contributed by atoms with Crippen LogP contribution in [0.3, 0.4) is 0 Å². The van der Waals surface area contributed by atoms with E-state index in [4.69, 9.17) is 4.74 Å². The summed E-state index contributed by atoms with van der Waals surface area (Å²) in [6, 6.07) is 14.0. The van der Waals surface area contributed by atoms with Crippen molar-refractivity contribution in [1.82, 2.24) is 5.32 Å². The summed E-state index contributed by atoms with van der Waals surface area (Å²) in [6.07, 6.45) is 0. The lowest BCUT2D eigenvalue weighted by atomic mass is 10.1. The van der Waals surface area contributed by atoms with Crippen LogP contribution in [0.1, 0.15) is 33.1 Å². The molecule has 1 N–H and O–H groups in total. The maximum atomic E-state index is 12.5. The summed E-state index contributed by atoms with van der Waals surface area (Å²) in [6.45, 7) is 2.53. The van der Waals surface area contributed by atoms with E-state index in [1.807, 2.05) is 54.8 Å². The summed E-state index contributed by atoms with van der Waals surface area (Å²) in [5.74, 6) is 0.864. The van der Waals surface area contributed by atoms with Crippen molar-refractivity contribution in [2.24, 2.45) is 0 Å². The molecule has 4 rings (SSSR count). The molecule has 5 heteroatoms. The Balaban J connectivity index is 1.60. The molecular weight excluding hydrogens is 326 g/mol. The first kappa shape index (κ1) is 14.5. The zero-order valence-corrected chi connectivity index (χ0v) is 14.2. The first-order valence-electron chi connectivity index (χ1n) is 7.41. The van der Waals surface area contributed by atoms with Gasteiger partial charge >= 0.3 is 0 Å². The number of nitrogens with one attached hydrogen (secondary N) is 1. The van der Waals surface area contributed by atoms with Crippen LogP contribution >= 0.6 is 22.7 Å².